The molecule has 0 aliphatic heterocycles. The number of amides is 2. The van der Waals surface area contributed by atoms with Crippen LogP contribution >= 0.6 is 0 Å². The summed E-state index contributed by atoms with van der Waals surface area (Å²) in [6, 6.07) is 3.95. The van der Waals surface area contributed by atoms with Crippen molar-refractivity contribution in [1.29, 1.82) is 0 Å². The highest BCUT2D eigenvalue weighted by atomic mass is 19.1. The minimum absolute atomic E-state index is 0.00324. The molecular formula is C22H24FN7O4. The van der Waals surface area contributed by atoms with E-state index in [1.807, 2.05) is 0 Å². The molecule has 0 saturated heterocycles. The van der Waals surface area contributed by atoms with E-state index in [2.05, 4.69) is 37.4 Å². The lowest BCUT2D eigenvalue weighted by molar-refractivity contribution is 0.0994. The van der Waals surface area contributed by atoms with E-state index in [1.54, 1.807) is 34.6 Å². The second-order valence-corrected chi connectivity index (χ2v) is 7.53. The van der Waals surface area contributed by atoms with Crippen molar-refractivity contribution >= 4 is 36.6 Å². The largest absolute Gasteiger partial charge is 0.447 e. The van der Waals surface area contributed by atoms with Crippen molar-refractivity contribution in [1.82, 2.24) is 25.1 Å². The number of benzene rings is 1. The van der Waals surface area contributed by atoms with E-state index in [9.17, 15) is 14.0 Å². The van der Waals surface area contributed by atoms with E-state index in [-0.39, 0.29) is 29.2 Å². The quantitative estimate of drug-likeness (QED) is 0.494. The molecule has 0 aliphatic carbocycles. The van der Waals surface area contributed by atoms with Gasteiger partial charge in [0.2, 0.25) is 5.76 Å². The molecule has 2 heterocycles. The molecular weight excluding hydrogens is 445 g/mol. The van der Waals surface area contributed by atoms with Crippen molar-refractivity contribution in [3.8, 4) is 11.4 Å². The lowest BCUT2D eigenvalue weighted by atomic mass is 10.1. The Hall–Kier alpha value is -4.35. The zero-order valence-corrected chi connectivity index (χ0v) is 19.3. The van der Waals surface area contributed by atoms with Crippen LogP contribution < -0.4 is 10.6 Å². The first-order valence-corrected chi connectivity index (χ1v) is 10.2. The predicted octanol–water partition coefficient (Wildman–Crippen LogP) is 4.23. The molecule has 2 N–H and O–H groups in total. The van der Waals surface area contributed by atoms with Crippen LogP contribution in [0, 0.1) is 19.7 Å². The van der Waals surface area contributed by atoms with Crippen LogP contribution in [0.2, 0.25) is 0 Å². The lowest BCUT2D eigenvalue weighted by Gasteiger charge is -2.09. The molecule has 2 aromatic heterocycles. The number of anilines is 1. The van der Waals surface area contributed by atoms with Crippen LogP contribution in [0.25, 0.3) is 17.6 Å². The summed E-state index contributed by atoms with van der Waals surface area (Å²) in [5.41, 5.74) is 1.13. The van der Waals surface area contributed by atoms with Crippen LogP contribution in [-0.4, -0.2) is 44.6 Å². The van der Waals surface area contributed by atoms with E-state index < -0.39 is 17.8 Å². The molecule has 0 saturated carbocycles. The second-order valence-electron chi connectivity index (χ2n) is 7.53. The number of hydrogen-bond donors (Lipinski definition) is 2. The number of nitrogens with zero attached hydrogens (tertiary/aromatic N) is 5. The topological polar surface area (TPSA) is 137 Å². The van der Waals surface area contributed by atoms with Crippen LogP contribution in [0.5, 0.6) is 0 Å². The summed E-state index contributed by atoms with van der Waals surface area (Å²) in [7, 11) is 0. The van der Waals surface area contributed by atoms with E-state index >= 15 is 0 Å². The highest BCUT2D eigenvalue weighted by molar-refractivity contribution is 6.03. The summed E-state index contributed by atoms with van der Waals surface area (Å²) < 4.78 is 26.2. The summed E-state index contributed by atoms with van der Waals surface area (Å²) in [5, 5.41) is 9.42. The van der Waals surface area contributed by atoms with Gasteiger partial charge in [-0.25, -0.2) is 23.8 Å². The number of allylic oxidation sites excluding steroid dienone is 1. The fraction of sp³-hybridized carbons (Fsp3) is 0.273. The molecule has 0 spiro atoms. The average Bonchev–Trinajstić information content (AvgIpc) is 3.30. The van der Waals surface area contributed by atoms with Gasteiger partial charge in [0.25, 0.3) is 11.9 Å². The molecule has 2 amide bonds. The Kier molecular flexibility index (Phi) is 7.19. The summed E-state index contributed by atoms with van der Waals surface area (Å²) in [5.74, 6) is -0.659. The Morgan fingerprint density at radius 3 is 2.65 bits per heavy atom. The smallest absolute Gasteiger partial charge is 0.411 e. The number of halogens is 1. The number of oxazole rings is 1. The maximum atomic E-state index is 14.6. The number of aliphatic imine (C=N–C) groups is 1. The third-order valence-electron chi connectivity index (χ3n) is 4.29. The Labute approximate surface area is 194 Å². The third-order valence-corrected chi connectivity index (χ3v) is 4.29. The van der Waals surface area contributed by atoms with Gasteiger partial charge in [-0.05, 0) is 52.6 Å². The van der Waals surface area contributed by atoms with Crippen molar-refractivity contribution in [2.75, 3.05) is 5.32 Å². The molecule has 34 heavy (non-hydrogen) atoms. The summed E-state index contributed by atoms with van der Waals surface area (Å²) in [6.07, 6.45) is 0.508. The highest BCUT2D eigenvalue weighted by Gasteiger charge is 2.19. The number of hydrogen-bond acceptors (Lipinski definition) is 8. The van der Waals surface area contributed by atoms with Crippen LogP contribution in [0.15, 0.2) is 33.3 Å². The molecule has 0 aliphatic rings. The van der Waals surface area contributed by atoms with Gasteiger partial charge in [0, 0.05) is 18.3 Å². The van der Waals surface area contributed by atoms with Gasteiger partial charge in [0.15, 0.2) is 11.7 Å². The zero-order chi connectivity index (χ0) is 25.0. The maximum Gasteiger partial charge on any atom is 0.411 e. The molecule has 178 valence electrons. The van der Waals surface area contributed by atoms with Crippen molar-refractivity contribution in [3.63, 3.8) is 0 Å². The van der Waals surface area contributed by atoms with Crippen LogP contribution in [0.4, 0.5) is 20.8 Å². The van der Waals surface area contributed by atoms with E-state index in [0.29, 0.717) is 23.0 Å². The second kappa shape index (κ2) is 10.1. The first-order chi connectivity index (χ1) is 16.1. The monoisotopic (exact) mass is 469 g/mol. The van der Waals surface area contributed by atoms with Crippen molar-refractivity contribution in [2.24, 2.45) is 4.99 Å². The van der Waals surface area contributed by atoms with Crippen LogP contribution in [0.3, 0.4) is 0 Å². The van der Waals surface area contributed by atoms with Gasteiger partial charge in [-0.2, -0.15) is 4.98 Å². The molecule has 1 aromatic carbocycles. The molecule has 0 fully saturated rings. The summed E-state index contributed by atoms with van der Waals surface area (Å²) >= 11 is 0. The van der Waals surface area contributed by atoms with Crippen LogP contribution in [-0.2, 0) is 4.74 Å². The number of aryl methyl sites for hydroxylation is 2. The van der Waals surface area contributed by atoms with Gasteiger partial charge >= 0.3 is 6.09 Å². The molecule has 11 nitrogen and oxygen atoms in total. The molecule has 0 radical (unpaired) electrons. The van der Waals surface area contributed by atoms with Gasteiger partial charge in [0.05, 0.1) is 23.6 Å². The Bertz CT molecular complexity index is 1280. The number of aromatic nitrogens is 4. The minimum atomic E-state index is -0.635. The molecule has 0 atom stereocenters. The van der Waals surface area contributed by atoms with Crippen molar-refractivity contribution < 1.29 is 23.1 Å². The summed E-state index contributed by atoms with van der Waals surface area (Å²) in [6.45, 7) is 11.8. The SMILES string of the molecule is C=Nc1nc(-c2cc(NC(=O)c3oc(C)nc3C)ccc2F)nn1/C=C(\C)NC(=O)OC(C)C. The van der Waals surface area contributed by atoms with Crippen molar-refractivity contribution in [3.05, 3.63) is 47.1 Å². The van der Waals surface area contributed by atoms with E-state index in [1.165, 1.54) is 29.1 Å². The molecule has 3 rings (SSSR count). The zero-order valence-electron chi connectivity index (χ0n) is 19.3. The fourth-order valence-electron chi connectivity index (χ4n) is 2.95. The third kappa shape index (κ3) is 5.71. The minimum Gasteiger partial charge on any atom is -0.447 e. The predicted molar refractivity (Wildman–Crippen MR) is 123 cm³/mol. The highest BCUT2D eigenvalue weighted by Crippen LogP contribution is 2.26. The lowest BCUT2D eigenvalue weighted by Crippen LogP contribution is -2.25. The normalized spacial score (nSPS) is 11.4. The van der Waals surface area contributed by atoms with Gasteiger partial charge in [-0.1, -0.05) is 0 Å². The number of rotatable bonds is 7. The number of alkyl carbamates (subject to hydrolysis) is 1. The van der Waals surface area contributed by atoms with Gasteiger partial charge in [-0.3, -0.25) is 10.1 Å². The molecule has 0 unspecified atom stereocenters. The fourth-order valence-corrected chi connectivity index (χ4v) is 2.95. The van der Waals surface area contributed by atoms with Crippen molar-refractivity contribution in [2.45, 2.75) is 40.7 Å². The van der Waals surface area contributed by atoms with E-state index in [0.717, 1.165) is 0 Å². The number of nitrogens with one attached hydrogen (secondary N) is 2. The standard InChI is InChI=1S/C22H24FN7O4/c1-11(2)33-22(32)25-12(3)10-30-21(24-6)28-19(29-30)16-9-15(7-8-17(16)23)27-20(31)18-13(4)26-14(5)34-18/h7-11H,6H2,1-5H3,(H,25,32)(H,27,31)/b12-10+. The van der Waals surface area contributed by atoms with Gasteiger partial charge in [-0.15, -0.1) is 5.10 Å². The maximum absolute atomic E-state index is 14.6. The Morgan fingerprint density at radius 1 is 1.29 bits per heavy atom. The Morgan fingerprint density at radius 2 is 2.03 bits per heavy atom. The van der Waals surface area contributed by atoms with Gasteiger partial charge < -0.3 is 14.5 Å². The first-order valence-electron chi connectivity index (χ1n) is 10.2. The number of carbonyl (C=O) groups is 2. The average molecular weight is 469 g/mol. The molecule has 0 bridgehead atoms. The molecule has 12 heteroatoms. The molecule has 3 aromatic rings. The van der Waals surface area contributed by atoms with Gasteiger partial charge in [0.1, 0.15) is 5.82 Å². The van der Waals surface area contributed by atoms with E-state index in [4.69, 9.17) is 9.15 Å². The number of carbonyl (C=O) groups excluding carboxylic acids is 2. The summed E-state index contributed by atoms with van der Waals surface area (Å²) in [4.78, 5) is 36.3. The first kappa shape index (κ1) is 24.3. The number of ether oxygens (including phenoxy) is 1. The Balaban J connectivity index is 1.87. The van der Waals surface area contributed by atoms with Crippen LogP contribution in [0.1, 0.15) is 42.9 Å².